The number of nitrogens with zero attached hydrogens (tertiary/aromatic N) is 2. The van der Waals surface area contributed by atoms with Gasteiger partial charge in [-0.05, 0) is 36.6 Å². The van der Waals surface area contributed by atoms with Crippen molar-refractivity contribution in [3.63, 3.8) is 0 Å². The van der Waals surface area contributed by atoms with Crippen molar-refractivity contribution in [2.45, 2.75) is 12.8 Å². The predicted molar refractivity (Wildman–Crippen MR) is 129 cm³/mol. The Bertz CT molecular complexity index is 888. The second-order valence-corrected chi connectivity index (χ2v) is 7.09. The van der Waals surface area contributed by atoms with Crippen molar-refractivity contribution in [3.8, 4) is 17.2 Å². The summed E-state index contributed by atoms with van der Waals surface area (Å²) in [4.78, 5) is 6.62. The van der Waals surface area contributed by atoms with Crippen LogP contribution in [0.4, 0.5) is 24.5 Å². The molecule has 0 amide bonds. The molecule has 0 aliphatic carbocycles. The van der Waals surface area contributed by atoms with Crippen LogP contribution in [0.5, 0.6) is 17.2 Å². The molecule has 2 aromatic carbocycles. The van der Waals surface area contributed by atoms with Gasteiger partial charge in [-0.2, -0.15) is 0 Å². The number of nitrogens with two attached hydrogens (primary N) is 1. The average Bonchev–Trinajstić information content (AvgIpc) is 3.21. The van der Waals surface area contributed by atoms with Gasteiger partial charge in [-0.1, -0.05) is 0 Å². The summed E-state index contributed by atoms with van der Waals surface area (Å²) in [5, 5.41) is 2.87. The number of ether oxygens (including phenoxy) is 3. The number of halogens is 4. The Morgan fingerprint density at radius 1 is 1.09 bits per heavy atom. The molecule has 3 N–H and O–H groups in total. The van der Waals surface area contributed by atoms with Crippen molar-refractivity contribution in [2.75, 3.05) is 44.1 Å². The highest BCUT2D eigenvalue weighted by molar-refractivity contribution is 14.0. The van der Waals surface area contributed by atoms with E-state index < -0.39 is 6.36 Å². The minimum atomic E-state index is -4.72. The summed E-state index contributed by atoms with van der Waals surface area (Å²) in [6, 6.07) is 11.1. The third kappa shape index (κ3) is 7.53. The third-order valence-electron chi connectivity index (χ3n) is 4.87. The number of hydrogen-bond donors (Lipinski definition) is 2. The van der Waals surface area contributed by atoms with Gasteiger partial charge >= 0.3 is 6.36 Å². The zero-order valence-electron chi connectivity index (χ0n) is 17.7. The Kier molecular flexibility index (Phi) is 9.10. The summed E-state index contributed by atoms with van der Waals surface area (Å²) in [5.41, 5.74) is 7.47. The molecule has 0 radical (unpaired) electrons. The van der Waals surface area contributed by atoms with Crippen molar-refractivity contribution >= 4 is 41.3 Å². The van der Waals surface area contributed by atoms with Gasteiger partial charge in [-0.3, -0.25) is 4.99 Å². The molecule has 1 aliphatic heterocycles. The van der Waals surface area contributed by atoms with Crippen LogP contribution in [-0.4, -0.2) is 46.2 Å². The summed E-state index contributed by atoms with van der Waals surface area (Å²) >= 11 is 0. The average molecular weight is 566 g/mol. The van der Waals surface area contributed by atoms with E-state index in [0.29, 0.717) is 18.2 Å². The van der Waals surface area contributed by atoms with Gasteiger partial charge < -0.3 is 30.2 Å². The molecule has 11 heteroatoms. The van der Waals surface area contributed by atoms with Gasteiger partial charge in [-0.25, -0.2) is 0 Å². The molecule has 3 rings (SSSR count). The first-order chi connectivity index (χ1) is 14.8. The van der Waals surface area contributed by atoms with Gasteiger partial charge in [0.25, 0.3) is 0 Å². The van der Waals surface area contributed by atoms with E-state index in [1.54, 1.807) is 14.2 Å². The standard InChI is InChI=1S/C21H25F3N4O3.HI/c1-29-18-9-16(10-19(11-18)30-2)28-8-7-14(13-28)12-26-20(25)27-15-3-5-17(6-4-15)31-21(22,23)24;/h3-6,9-11,14H,7-8,12-13H2,1-2H3,(H3,25,26,27);1H. The van der Waals surface area contributed by atoms with Gasteiger partial charge in [0.05, 0.1) is 14.2 Å². The number of alkyl halides is 3. The lowest BCUT2D eigenvalue weighted by atomic mass is 10.1. The lowest BCUT2D eigenvalue weighted by molar-refractivity contribution is -0.274. The van der Waals surface area contributed by atoms with Crippen molar-refractivity contribution in [1.29, 1.82) is 0 Å². The number of rotatable bonds is 7. The smallest absolute Gasteiger partial charge is 0.497 e. The monoisotopic (exact) mass is 566 g/mol. The van der Waals surface area contributed by atoms with E-state index in [0.717, 1.165) is 36.7 Å². The molecule has 1 fully saturated rings. The lowest BCUT2D eigenvalue weighted by Gasteiger charge is -2.20. The number of guanidine groups is 1. The van der Waals surface area contributed by atoms with Crippen LogP contribution in [0.1, 0.15) is 6.42 Å². The minimum Gasteiger partial charge on any atom is -0.497 e. The second-order valence-electron chi connectivity index (χ2n) is 7.09. The van der Waals surface area contributed by atoms with E-state index >= 15 is 0 Å². The molecule has 1 atom stereocenters. The molecular formula is C21H26F3IN4O3. The van der Waals surface area contributed by atoms with Crippen LogP contribution in [0.3, 0.4) is 0 Å². The fourth-order valence-corrected chi connectivity index (χ4v) is 3.35. The Balaban J connectivity index is 0.00000363. The molecular weight excluding hydrogens is 540 g/mol. The number of hydrogen-bond acceptors (Lipinski definition) is 5. The molecule has 32 heavy (non-hydrogen) atoms. The Labute approximate surface area is 201 Å². The molecule has 0 aromatic heterocycles. The van der Waals surface area contributed by atoms with Crippen LogP contribution in [0.2, 0.25) is 0 Å². The van der Waals surface area contributed by atoms with E-state index in [9.17, 15) is 13.2 Å². The molecule has 176 valence electrons. The zero-order chi connectivity index (χ0) is 22.4. The molecule has 2 aromatic rings. The zero-order valence-corrected chi connectivity index (χ0v) is 20.0. The van der Waals surface area contributed by atoms with Gasteiger partial charge in [0, 0.05) is 49.2 Å². The Morgan fingerprint density at radius 3 is 2.28 bits per heavy atom. The first-order valence-corrected chi connectivity index (χ1v) is 9.66. The van der Waals surface area contributed by atoms with Crippen LogP contribution >= 0.6 is 24.0 Å². The summed E-state index contributed by atoms with van der Waals surface area (Å²) in [7, 11) is 3.24. The predicted octanol–water partition coefficient (Wildman–Crippen LogP) is 4.47. The van der Waals surface area contributed by atoms with Gasteiger partial charge in [0.15, 0.2) is 5.96 Å². The van der Waals surface area contributed by atoms with Crippen molar-refractivity contribution in [1.82, 2.24) is 0 Å². The molecule has 0 bridgehead atoms. The summed E-state index contributed by atoms with van der Waals surface area (Å²) in [6.07, 6.45) is -3.76. The number of aliphatic imine (C=N–C) groups is 1. The number of methoxy groups -OCH3 is 2. The van der Waals surface area contributed by atoms with Crippen LogP contribution in [0.15, 0.2) is 47.5 Å². The fourth-order valence-electron chi connectivity index (χ4n) is 3.35. The maximum absolute atomic E-state index is 12.2. The number of anilines is 2. The van der Waals surface area contributed by atoms with E-state index in [4.69, 9.17) is 15.2 Å². The molecule has 1 unspecified atom stereocenters. The SMILES string of the molecule is COc1cc(OC)cc(N2CCC(CN=C(N)Nc3ccc(OC(F)(F)F)cc3)C2)c1.I. The van der Waals surface area contributed by atoms with Crippen LogP contribution < -0.4 is 30.2 Å². The maximum Gasteiger partial charge on any atom is 0.573 e. The van der Waals surface area contributed by atoms with Gasteiger partial charge in [0.1, 0.15) is 17.2 Å². The highest BCUT2D eigenvalue weighted by atomic mass is 127. The van der Waals surface area contributed by atoms with Crippen molar-refractivity contribution < 1.29 is 27.4 Å². The van der Waals surface area contributed by atoms with Crippen LogP contribution in [0, 0.1) is 5.92 Å². The summed E-state index contributed by atoms with van der Waals surface area (Å²) in [6.45, 7) is 2.23. The van der Waals surface area contributed by atoms with Crippen LogP contribution in [-0.2, 0) is 0 Å². The Morgan fingerprint density at radius 2 is 1.72 bits per heavy atom. The lowest BCUT2D eigenvalue weighted by Crippen LogP contribution is -2.25. The second kappa shape index (κ2) is 11.3. The molecule has 1 aliphatic rings. The first kappa shape index (κ1) is 25.7. The third-order valence-corrected chi connectivity index (χ3v) is 4.87. The largest absolute Gasteiger partial charge is 0.573 e. The topological polar surface area (TPSA) is 81.3 Å². The minimum absolute atomic E-state index is 0. The van der Waals surface area contributed by atoms with Gasteiger partial charge in [0.2, 0.25) is 0 Å². The molecule has 7 nitrogen and oxygen atoms in total. The summed E-state index contributed by atoms with van der Waals surface area (Å²) < 4.78 is 51.2. The molecule has 0 spiro atoms. The van der Waals surface area contributed by atoms with Crippen molar-refractivity contribution in [2.24, 2.45) is 16.6 Å². The highest BCUT2D eigenvalue weighted by Crippen LogP contribution is 2.31. The van der Waals surface area contributed by atoms with Gasteiger partial charge in [-0.15, -0.1) is 37.1 Å². The maximum atomic E-state index is 12.2. The molecule has 1 saturated heterocycles. The Hall–Kier alpha value is -2.57. The van der Waals surface area contributed by atoms with E-state index in [1.165, 1.54) is 24.3 Å². The van der Waals surface area contributed by atoms with Crippen molar-refractivity contribution in [3.05, 3.63) is 42.5 Å². The van der Waals surface area contributed by atoms with E-state index in [-0.39, 0.29) is 35.7 Å². The first-order valence-electron chi connectivity index (χ1n) is 9.66. The quantitative estimate of drug-likeness (QED) is 0.293. The summed E-state index contributed by atoms with van der Waals surface area (Å²) in [5.74, 6) is 1.69. The number of nitrogens with one attached hydrogen (secondary N) is 1. The highest BCUT2D eigenvalue weighted by Gasteiger charge is 2.31. The number of benzene rings is 2. The van der Waals surface area contributed by atoms with E-state index in [1.807, 2.05) is 18.2 Å². The molecule has 0 saturated carbocycles. The fraction of sp³-hybridized carbons (Fsp3) is 0.381. The molecule has 1 heterocycles. The normalized spacial score (nSPS) is 16.3. The van der Waals surface area contributed by atoms with E-state index in [2.05, 4.69) is 19.9 Å². The van der Waals surface area contributed by atoms with Crippen LogP contribution in [0.25, 0.3) is 0 Å².